The number of hydrogen-bond acceptors (Lipinski definition) is 5. The van der Waals surface area contributed by atoms with Gasteiger partial charge in [-0.15, -0.1) is 0 Å². The molecule has 0 saturated heterocycles. The number of carboxylic acids is 1. The van der Waals surface area contributed by atoms with Crippen LogP contribution in [0.5, 0.6) is 11.5 Å². The van der Waals surface area contributed by atoms with E-state index in [2.05, 4.69) is 4.98 Å². The molecule has 0 fully saturated rings. The van der Waals surface area contributed by atoms with Crippen LogP contribution in [0.4, 0.5) is 8.78 Å². The van der Waals surface area contributed by atoms with Gasteiger partial charge >= 0.3 is 5.97 Å². The van der Waals surface area contributed by atoms with E-state index in [9.17, 15) is 13.6 Å². The summed E-state index contributed by atoms with van der Waals surface area (Å²) in [5, 5.41) is 8.71. The number of benzene rings is 2. The Labute approximate surface area is 172 Å². The maximum Gasteiger partial charge on any atom is 0.303 e. The zero-order valence-corrected chi connectivity index (χ0v) is 16.1. The minimum Gasteiger partial charge on any atom is -0.485 e. The first-order valence-corrected chi connectivity index (χ1v) is 9.39. The summed E-state index contributed by atoms with van der Waals surface area (Å²) < 4.78 is 41.8. The molecular formula is C22H21F2NO5. The number of rotatable bonds is 11. The summed E-state index contributed by atoms with van der Waals surface area (Å²) in [6.07, 6.45) is -0.227. The Morgan fingerprint density at radius 1 is 1.10 bits per heavy atom. The fourth-order valence-electron chi connectivity index (χ4n) is 2.74. The van der Waals surface area contributed by atoms with Crippen molar-refractivity contribution < 1.29 is 32.6 Å². The Bertz CT molecular complexity index is 959. The van der Waals surface area contributed by atoms with E-state index in [-0.39, 0.29) is 24.7 Å². The largest absolute Gasteiger partial charge is 0.485 e. The number of ether oxygens (including phenoxy) is 2. The van der Waals surface area contributed by atoms with Crippen LogP contribution < -0.4 is 9.47 Å². The number of nitrogens with zero attached hydrogens (tertiary/aromatic N) is 1. The van der Waals surface area contributed by atoms with Crippen molar-refractivity contribution in [3.05, 3.63) is 66.1 Å². The van der Waals surface area contributed by atoms with Crippen LogP contribution in [0.25, 0.3) is 11.5 Å². The monoisotopic (exact) mass is 417 g/mol. The molecule has 0 unspecified atom stereocenters. The van der Waals surface area contributed by atoms with Gasteiger partial charge in [0.15, 0.2) is 11.5 Å². The average Bonchev–Trinajstić information content (AvgIpc) is 3.20. The predicted octanol–water partition coefficient (Wildman–Crippen LogP) is 4.97. The molecule has 3 aromatic rings. The molecule has 0 radical (unpaired) electrons. The van der Waals surface area contributed by atoms with Gasteiger partial charge in [-0.3, -0.25) is 4.79 Å². The minimum absolute atomic E-state index is 0.0429. The predicted molar refractivity (Wildman–Crippen MR) is 105 cm³/mol. The molecule has 0 aliphatic carbocycles. The van der Waals surface area contributed by atoms with Gasteiger partial charge in [0, 0.05) is 12.0 Å². The summed E-state index contributed by atoms with van der Waals surface area (Å²) in [6, 6.07) is 14.3. The highest BCUT2D eigenvalue weighted by molar-refractivity contribution is 5.66. The second kappa shape index (κ2) is 10.4. The Morgan fingerprint density at radius 3 is 2.63 bits per heavy atom. The van der Waals surface area contributed by atoms with E-state index in [0.29, 0.717) is 29.8 Å². The molecule has 158 valence electrons. The lowest BCUT2D eigenvalue weighted by Crippen LogP contribution is -2.08. The van der Waals surface area contributed by atoms with Gasteiger partial charge in [-0.05, 0) is 36.6 Å². The molecule has 6 nitrogen and oxygen atoms in total. The summed E-state index contributed by atoms with van der Waals surface area (Å²) >= 11 is 0. The lowest BCUT2D eigenvalue weighted by Gasteiger charge is -2.13. The maximum absolute atomic E-state index is 12.7. The highest BCUT2D eigenvalue weighted by Crippen LogP contribution is 2.33. The van der Waals surface area contributed by atoms with Crippen LogP contribution in [0, 0.1) is 0 Å². The van der Waals surface area contributed by atoms with Crippen LogP contribution in [-0.2, 0) is 17.8 Å². The Hall–Kier alpha value is -3.42. The van der Waals surface area contributed by atoms with E-state index in [1.54, 1.807) is 12.1 Å². The third-order valence-electron chi connectivity index (χ3n) is 4.17. The van der Waals surface area contributed by atoms with E-state index < -0.39 is 19.0 Å². The van der Waals surface area contributed by atoms with Crippen molar-refractivity contribution in [2.45, 2.75) is 32.3 Å². The molecule has 0 aliphatic heterocycles. The average molecular weight is 417 g/mol. The molecule has 1 N–H and O–H groups in total. The zero-order chi connectivity index (χ0) is 21.3. The van der Waals surface area contributed by atoms with Gasteiger partial charge < -0.3 is 19.0 Å². The van der Waals surface area contributed by atoms with Crippen molar-refractivity contribution in [3.8, 4) is 23.0 Å². The van der Waals surface area contributed by atoms with Crippen molar-refractivity contribution >= 4 is 5.97 Å². The van der Waals surface area contributed by atoms with Gasteiger partial charge in [-0.1, -0.05) is 30.3 Å². The molecule has 30 heavy (non-hydrogen) atoms. The number of alkyl halides is 2. The molecule has 8 heteroatoms. The van der Waals surface area contributed by atoms with Gasteiger partial charge in [0.25, 0.3) is 6.43 Å². The summed E-state index contributed by atoms with van der Waals surface area (Å²) in [5.74, 6) is -0.0895. The molecule has 1 aromatic heterocycles. The molecule has 0 aliphatic rings. The van der Waals surface area contributed by atoms with Crippen molar-refractivity contribution in [3.63, 3.8) is 0 Å². The van der Waals surface area contributed by atoms with Gasteiger partial charge in [0.05, 0.1) is 5.69 Å². The van der Waals surface area contributed by atoms with Crippen LogP contribution in [0.15, 0.2) is 59.2 Å². The molecule has 0 atom stereocenters. The number of aromatic nitrogens is 1. The Kier molecular flexibility index (Phi) is 7.37. The number of carboxylic acid groups (broad SMARTS) is 1. The normalized spacial score (nSPS) is 10.9. The lowest BCUT2D eigenvalue weighted by atomic mass is 10.2. The maximum atomic E-state index is 12.7. The number of aryl methyl sites for hydroxylation is 1. The molecule has 0 bridgehead atoms. The molecule has 1 heterocycles. The zero-order valence-electron chi connectivity index (χ0n) is 16.1. The third kappa shape index (κ3) is 6.30. The Balaban J connectivity index is 1.74. The van der Waals surface area contributed by atoms with E-state index in [4.69, 9.17) is 19.0 Å². The summed E-state index contributed by atoms with van der Waals surface area (Å²) in [4.78, 5) is 14.9. The quantitative estimate of drug-likeness (QED) is 0.474. The highest BCUT2D eigenvalue weighted by Gasteiger charge is 2.14. The van der Waals surface area contributed by atoms with Crippen LogP contribution in [-0.4, -0.2) is 29.1 Å². The standard InChI is InChI=1S/C22H21F2NO5/c23-20(24)14-29-19-11-16(22-25-17(13-30-22)7-4-8-21(26)27)9-10-18(19)28-12-15-5-2-1-3-6-15/h1-3,5-6,9-11,13,20H,4,7-8,12,14H2,(H,26,27). The molecule has 2 aromatic carbocycles. The van der Waals surface area contributed by atoms with Gasteiger partial charge in [-0.2, -0.15) is 0 Å². The van der Waals surface area contributed by atoms with Crippen LogP contribution in [0.3, 0.4) is 0 Å². The van der Waals surface area contributed by atoms with Crippen molar-refractivity contribution in [1.29, 1.82) is 0 Å². The second-order valence-electron chi connectivity index (χ2n) is 6.53. The molecular weight excluding hydrogens is 396 g/mol. The van der Waals surface area contributed by atoms with Crippen LogP contribution in [0.1, 0.15) is 24.1 Å². The summed E-state index contributed by atoms with van der Waals surface area (Å²) in [5.41, 5.74) is 2.08. The van der Waals surface area contributed by atoms with E-state index >= 15 is 0 Å². The van der Waals surface area contributed by atoms with Gasteiger partial charge in [0.1, 0.15) is 19.5 Å². The first-order valence-electron chi connectivity index (χ1n) is 9.39. The van der Waals surface area contributed by atoms with Gasteiger partial charge in [-0.25, -0.2) is 13.8 Å². The highest BCUT2D eigenvalue weighted by atomic mass is 19.3. The number of oxazole rings is 1. The van der Waals surface area contributed by atoms with Crippen molar-refractivity contribution in [2.75, 3.05) is 6.61 Å². The number of halogens is 2. The number of hydrogen-bond donors (Lipinski definition) is 1. The lowest BCUT2D eigenvalue weighted by molar-refractivity contribution is -0.137. The molecule has 0 amide bonds. The van der Waals surface area contributed by atoms with Crippen molar-refractivity contribution in [1.82, 2.24) is 4.98 Å². The fraction of sp³-hybridized carbons (Fsp3) is 0.273. The third-order valence-corrected chi connectivity index (χ3v) is 4.17. The van der Waals surface area contributed by atoms with E-state index in [0.717, 1.165) is 5.56 Å². The number of aliphatic carboxylic acids is 1. The minimum atomic E-state index is -2.63. The number of carbonyl (C=O) groups is 1. The van der Waals surface area contributed by atoms with Crippen molar-refractivity contribution in [2.24, 2.45) is 0 Å². The second-order valence-corrected chi connectivity index (χ2v) is 6.53. The molecule has 0 saturated carbocycles. The van der Waals surface area contributed by atoms with Crippen LogP contribution in [0.2, 0.25) is 0 Å². The van der Waals surface area contributed by atoms with E-state index in [1.165, 1.54) is 12.3 Å². The smallest absolute Gasteiger partial charge is 0.303 e. The topological polar surface area (TPSA) is 81.8 Å². The first-order chi connectivity index (χ1) is 14.5. The van der Waals surface area contributed by atoms with Gasteiger partial charge in [0.2, 0.25) is 5.89 Å². The summed E-state index contributed by atoms with van der Waals surface area (Å²) in [6.45, 7) is -0.505. The van der Waals surface area contributed by atoms with Crippen LogP contribution >= 0.6 is 0 Å². The molecule has 3 rings (SSSR count). The SMILES string of the molecule is O=C(O)CCCc1coc(-c2ccc(OCc3ccccc3)c(OCC(F)F)c2)n1. The summed E-state index contributed by atoms with van der Waals surface area (Å²) in [7, 11) is 0. The molecule has 0 spiro atoms. The van der Waals surface area contributed by atoms with E-state index in [1.807, 2.05) is 30.3 Å². The Morgan fingerprint density at radius 2 is 1.90 bits per heavy atom. The fourth-order valence-corrected chi connectivity index (χ4v) is 2.74. The first kappa shape index (κ1) is 21.3.